The lowest BCUT2D eigenvalue weighted by atomic mass is 10.1. The molecule has 0 aliphatic rings. The van der Waals surface area contributed by atoms with Crippen molar-refractivity contribution in [1.29, 1.82) is 0 Å². The molecule has 0 amide bonds. The summed E-state index contributed by atoms with van der Waals surface area (Å²) in [5.74, 6) is 0. The Morgan fingerprint density at radius 1 is 1.28 bits per heavy atom. The Bertz CT molecular complexity index is 376. The highest BCUT2D eigenvalue weighted by Crippen LogP contribution is 2.18. The third-order valence-corrected chi connectivity index (χ3v) is 3.13. The lowest BCUT2D eigenvalue weighted by Crippen LogP contribution is -2.28. The van der Waals surface area contributed by atoms with E-state index in [-0.39, 0.29) is 16.7 Å². The zero-order chi connectivity index (χ0) is 13.5. The summed E-state index contributed by atoms with van der Waals surface area (Å²) < 4.78 is 0. The van der Waals surface area contributed by atoms with Gasteiger partial charge in [-0.25, -0.2) is 0 Å². The number of unbranched alkanes of at least 4 members (excludes halogenated alkanes) is 1. The van der Waals surface area contributed by atoms with E-state index < -0.39 is 0 Å². The van der Waals surface area contributed by atoms with E-state index in [9.17, 15) is 10.1 Å². The van der Waals surface area contributed by atoms with E-state index in [2.05, 4.69) is 26.1 Å². The highest BCUT2D eigenvalue weighted by atomic mass is 16.6. The van der Waals surface area contributed by atoms with E-state index in [4.69, 9.17) is 0 Å². The minimum atomic E-state index is -0.369. The molecule has 0 heterocycles. The van der Waals surface area contributed by atoms with Gasteiger partial charge in [0.25, 0.3) is 5.69 Å². The molecule has 1 rings (SSSR count). The van der Waals surface area contributed by atoms with E-state index >= 15 is 0 Å². The molecular formula is C14H22N2O2. The third-order valence-electron chi connectivity index (χ3n) is 3.13. The van der Waals surface area contributed by atoms with Gasteiger partial charge in [0.1, 0.15) is 0 Å². The van der Waals surface area contributed by atoms with Crippen molar-refractivity contribution in [2.24, 2.45) is 0 Å². The van der Waals surface area contributed by atoms with Crippen LogP contribution < -0.4 is 5.32 Å². The topological polar surface area (TPSA) is 55.2 Å². The Labute approximate surface area is 109 Å². The minimum absolute atomic E-state index is 0.144. The maximum atomic E-state index is 10.6. The molecule has 0 spiro atoms. The second kappa shape index (κ2) is 7.11. The third kappa shape index (κ3) is 4.45. The largest absolute Gasteiger partial charge is 0.308 e. The summed E-state index contributed by atoms with van der Waals surface area (Å²) in [6, 6.07) is 7.45. The van der Waals surface area contributed by atoms with Crippen LogP contribution in [0.1, 0.15) is 51.6 Å². The van der Waals surface area contributed by atoms with Gasteiger partial charge in [-0.1, -0.05) is 31.9 Å². The first kappa shape index (κ1) is 14.6. The molecule has 18 heavy (non-hydrogen) atoms. The Hall–Kier alpha value is -1.42. The van der Waals surface area contributed by atoms with Crippen molar-refractivity contribution in [3.8, 4) is 0 Å². The van der Waals surface area contributed by atoms with Crippen LogP contribution in [0.3, 0.4) is 0 Å². The Morgan fingerprint density at radius 2 is 1.89 bits per heavy atom. The molecule has 0 aliphatic heterocycles. The number of nitro benzene ring substituents is 1. The van der Waals surface area contributed by atoms with Crippen LogP contribution in [0, 0.1) is 10.1 Å². The van der Waals surface area contributed by atoms with Crippen LogP contribution in [0.25, 0.3) is 0 Å². The van der Waals surface area contributed by atoms with Crippen LogP contribution >= 0.6 is 0 Å². The van der Waals surface area contributed by atoms with E-state index in [1.54, 1.807) is 12.1 Å². The molecule has 4 nitrogen and oxygen atoms in total. The Kier molecular flexibility index (Phi) is 5.78. The van der Waals surface area contributed by atoms with E-state index in [0.717, 1.165) is 12.0 Å². The van der Waals surface area contributed by atoms with Gasteiger partial charge < -0.3 is 5.32 Å². The van der Waals surface area contributed by atoms with Crippen LogP contribution in [-0.4, -0.2) is 11.0 Å². The summed E-state index contributed by atoms with van der Waals surface area (Å²) in [4.78, 5) is 10.2. The molecule has 0 fully saturated rings. The fraction of sp³-hybridized carbons (Fsp3) is 0.571. The molecule has 1 aromatic carbocycles. The van der Waals surface area contributed by atoms with Crippen molar-refractivity contribution >= 4 is 5.69 Å². The van der Waals surface area contributed by atoms with Gasteiger partial charge in [-0.3, -0.25) is 10.1 Å². The van der Waals surface area contributed by atoms with Gasteiger partial charge in [0.2, 0.25) is 0 Å². The number of nitrogens with zero attached hydrogens (tertiary/aromatic N) is 1. The molecule has 0 radical (unpaired) electrons. The first-order valence-corrected chi connectivity index (χ1v) is 6.55. The van der Waals surface area contributed by atoms with E-state index in [1.807, 2.05) is 12.1 Å². The van der Waals surface area contributed by atoms with Crippen LogP contribution in [0.2, 0.25) is 0 Å². The second-order valence-electron chi connectivity index (χ2n) is 4.78. The summed E-state index contributed by atoms with van der Waals surface area (Å²) in [5, 5.41) is 14.1. The molecule has 1 N–H and O–H groups in total. The number of nitrogens with one attached hydrogen (secondary N) is 1. The first-order valence-electron chi connectivity index (χ1n) is 6.55. The summed E-state index contributed by atoms with van der Waals surface area (Å²) in [5.41, 5.74) is 1.23. The Balaban J connectivity index is 2.55. The highest BCUT2D eigenvalue weighted by molar-refractivity contribution is 5.34. The fourth-order valence-corrected chi connectivity index (χ4v) is 2.00. The monoisotopic (exact) mass is 250 g/mol. The molecule has 1 aromatic rings. The number of non-ortho nitro benzene ring substituents is 1. The van der Waals surface area contributed by atoms with Crippen LogP contribution in [0.15, 0.2) is 24.3 Å². The number of rotatable bonds is 7. The van der Waals surface area contributed by atoms with Gasteiger partial charge in [-0.05, 0) is 25.8 Å². The number of hydrogen-bond acceptors (Lipinski definition) is 3. The van der Waals surface area contributed by atoms with Crippen molar-refractivity contribution in [2.75, 3.05) is 0 Å². The van der Waals surface area contributed by atoms with Crippen LogP contribution in [0.5, 0.6) is 0 Å². The van der Waals surface area contributed by atoms with Crippen molar-refractivity contribution in [3.63, 3.8) is 0 Å². The van der Waals surface area contributed by atoms with Crippen LogP contribution in [-0.2, 0) is 0 Å². The maximum absolute atomic E-state index is 10.6. The predicted octanol–water partition coefficient (Wildman–Crippen LogP) is 3.82. The molecule has 0 saturated heterocycles. The number of benzene rings is 1. The molecule has 0 aromatic heterocycles. The Morgan fingerprint density at radius 3 is 2.39 bits per heavy atom. The van der Waals surface area contributed by atoms with Gasteiger partial charge in [0.15, 0.2) is 0 Å². The summed E-state index contributed by atoms with van der Waals surface area (Å²) >= 11 is 0. The van der Waals surface area contributed by atoms with Gasteiger partial charge in [-0.2, -0.15) is 0 Å². The standard InChI is InChI=1S/C14H22N2O2/c1-4-5-6-11(2)15-12(3)13-7-9-14(10-8-13)16(17)18/h7-12,15H,4-6H2,1-3H3. The zero-order valence-electron chi connectivity index (χ0n) is 11.3. The van der Waals surface area contributed by atoms with E-state index in [1.165, 1.54) is 12.8 Å². The number of nitro groups is 1. The molecular weight excluding hydrogens is 228 g/mol. The number of hydrogen-bond donors (Lipinski definition) is 1. The molecule has 0 bridgehead atoms. The lowest BCUT2D eigenvalue weighted by molar-refractivity contribution is -0.384. The normalized spacial score (nSPS) is 14.2. The van der Waals surface area contributed by atoms with Gasteiger partial charge in [0, 0.05) is 24.2 Å². The van der Waals surface area contributed by atoms with E-state index in [0.29, 0.717) is 6.04 Å². The summed E-state index contributed by atoms with van der Waals surface area (Å²) in [6.07, 6.45) is 3.59. The highest BCUT2D eigenvalue weighted by Gasteiger charge is 2.11. The smallest absolute Gasteiger partial charge is 0.269 e. The van der Waals surface area contributed by atoms with Gasteiger partial charge in [0.05, 0.1) is 4.92 Å². The average molecular weight is 250 g/mol. The fourth-order valence-electron chi connectivity index (χ4n) is 2.00. The minimum Gasteiger partial charge on any atom is -0.308 e. The molecule has 0 aliphatic carbocycles. The molecule has 2 atom stereocenters. The first-order chi connectivity index (χ1) is 8.54. The predicted molar refractivity (Wildman–Crippen MR) is 73.6 cm³/mol. The van der Waals surface area contributed by atoms with Crippen LogP contribution in [0.4, 0.5) is 5.69 Å². The lowest BCUT2D eigenvalue weighted by Gasteiger charge is -2.20. The zero-order valence-corrected chi connectivity index (χ0v) is 11.3. The average Bonchev–Trinajstić information content (AvgIpc) is 2.36. The quantitative estimate of drug-likeness (QED) is 0.591. The van der Waals surface area contributed by atoms with Crippen molar-refractivity contribution in [1.82, 2.24) is 5.32 Å². The maximum Gasteiger partial charge on any atom is 0.269 e. The summed E-state index contributed by atoms with van der Waals surface area (Å²) in [6.45, 7) is 6.45. The van der Waals surface area contributed by atoms with Gasteiger partial charge in [-0.15, -0.1) is 0 Å². The van der Waals surface area contributed by atoms with Crippen molar-refractivity contribution in [2.45, 2.75) is 52.1 Å². The molecule has 4 heteroatoms. The van der Waals surface area contributed by atoms with Crippen molar-refractivity contribution in [3.05, 3.63) is 39.9 Å². The SMILES string of the molecule is CCCCC(C)NC(C)c1ccc([N+](=O)[O-])cc1. The summed E-state index contributed by atoms with van der Waals surface area (Å²) in [7, 11) is 0. The van der Waals surface area contributed by atoms with Crippen molar-refractivity contribution < 1.29 is 4.92 Å². The molecule has 2 unspecified atom stereocenters. The molecule has 100 valence electrons. The molecule has 0 saturated carbocycles. The second-order valence-corrected chi connectivity index (χ2v) is 4.78. The van der Waals surface area contributed by atoms with Gasteiger partial charge >= 0.3 is 0 Å².